The van der Waals surface area contributed by atoms with E-state index in [2.05, 4.69) is 15.6 Å². The van der Waals surface area contributed by atoms with Gasteiger partial charge in [0.15, 0.2) is 0 Å². The van der Waals surface area contributed by atoms with Gasteiger partial charge in [-0.25, -0.2) is 4.98 Å². The van der Waals surface area contributed by atoms with Crippen molar-refractivity contribution in [1.29, 1.82) is 0 Å². The van der Waals surface area contributed by atoms with E-state index in [0.29, 0.717) is 5.75 Å². The van der Waals surface area contributed by atoms with Crippen molar-refractivity contribution in [3.05, 3.63) is 23.9 Å². The summed E-state index contributed by atoms with van der Waals surface area (Å²) >= 11 is 1.61. The minimum absolute atomic E-state index is 0.0906. The topological polar surface area (TPSA) is 54.0 Å². The predicted molar refractivity (Wildman–Crippen MR) is 73.2 cm³/mol. The molecule has 1 heterocycles. The molecule has 0 saturated carbocycles. The molecule has 4 nitrogen and oxygen atoms in total. The van der Waals surface area contributed by atoms with Crippen molar-refractivity contribution in [2.75, 3.05) is 18.1 Å². The van der Waals surface area contributed by atoms with Crippen LogP contribution in [0.15, 0.2) is 18.3 Å². The average Bonchev–Trinajstić information content (AvgIpc) is 2.28. The van der Waals surface area contributed by atoms with E-state index in [4.69, 9.17) is 0 Å². The first-order valence-electron chi connectivity index (χ1n) is 5.61. The molecule has 0 aliphatic rings. The van der Waals surface area contributed by atoms with Crippen molar-refractivity contribution in [3.8, 4) is 0 Å². The van der Waals surface area contributed by atoms with E-state index in [-0.39, 0.29) is 11.9 Å². The first-order valence-corrected chi connectivity index (χ1v) is 6.77. The summed E-state index contributed by atoms with van der Waals surface area (Å²) in [6, 6.07) is 4.17. The largest absolute Gasteiger partial charge is 0.373 e. The number of thioether (sulfide) groups is 1. The van der Waals surface area contributed by atoms with E-state index in [1.165, 1.54) is 5.56 Å². The summed E-state index contributed by atoms with van der Waals surface area (Å²) in [5.74, 6) is 2.26. The second-order valence-corrected chi connectivity index (χ2v) is 5.00. The summed E-state index contributed by atoms with van der Waals surface area (Å²) in [5, 5.41) is 5.86. The number of pyridine rings is 1. The van der Waals surface area contributed by atoms with E-state index >= 15 is 0 Å². The van der Waals surface area contributed by atoms with E-state index in [1.807, 2.05) is 33.0 Å². The SMILES string of the molecule is CNc1cc(CSCC(=O)NC(C)C)ccn1. The van der Waals surface area contributed by atoms with E-state index in [0.717, 1.165) is 11.6 Å². The molecule has 0 spiro atoms. The Morgan fingerprint density at radius 1 is 1.53 bits per heavy atom. The highest BCUT2D eigenvalue weighted by Gasteiger charge is 2.03. The van der Waals surface area contributed by atoms with Crippen LogP contribution in [0.1, 0.15) is 19.4 Å². The first-order chi connectivity index (χ1) is 8.11. The van der Waals surface area contributed by atoms with Crippen LogP contribution in [0.5, 0.6) is 0 Å². The van der Waals surface area contributed by atoms with Gasteiger partial charge in [-0.1, -0.05) is 0 Å². The predicted octanol–water partition coefficient (Wildman–Crippen LogP) is 1.88. The Bertz CT molecular complexity index is 369. The summed E-state index contributed by atoms with van der Waals surface area (Å²) in [6.45, 7) is 3.93. The third-order valence-corrected chi connectivity index (χ3v) is 3.04. The molecule has 2 N–H and O–H groups in total. The molecule has 0 unspecified atom stereocenters. The van der Waals surface area contributed by atoms with Crippen LogP contribution in [0.3, 0.4) is 0 Å². The van der Waals surface area contributed by atoms with E-state index in [9.17, 15) is 4.79 Å². The molecular formula is C12H19N3OS. The van der Waals surface area contributed by atoms with Crippen LogP contribution in [0.25, 0.3) is 0 Å². The lowest BCUT2D eigenvalue weighted by molar-refractivity contribution is -0.119. The molecule has 5 heteroatoms. The smallest absolute Gasteiger partial charge is 0.230 e. The Hall–Kier alpha value is -1.23. The standard InChI is InChI=1S/C12H19N3OS/c1-9(2)15-12(16)8-17-7-10-4-5-14-11(6-10)13-3/h4-6,9H,7-8H2,1-3H3,(H,13,14)(H,15,16). The van der Waals surface area contributed by atoms with Crippen LogP contribution < -0.4 is 10.6 Å². The Labute approximate surface area is 107 Å². The molecule has 0 radical (unpaired) electrons. The Kier molecular flexibility index (Phi) is 5.83. The van der Waals surface area contributed by atoms with Gasteiger partial charge in [0.1, 0.15) is 5.82 Å². The zero-order valence-corrected chi connectivity index (χ0v) is 11.3. The highest BCUT2D eigenvalue weighted by molar-refractivity contribution is 7.99. The number of nitrogens with one attached hydrogen (secondary N) is 2. The maximum absolute atomic E-state index is 11.4. The molecule has 1 amide bonds. The third kappa shape index (κ3) is 5.58. The number of nitrogens with zero attached hydrogens (tertiary/aromatic N) is 1. The van der Waals surface area contributed by atoms with Gasteiger partial charge in [0, 0.05) is 25.0 Å². The number of aromatic nitrogens is 1. The second kappa shape index (κ2) is 7.17. The fourth-order valence-electron chi connectivity index (χ4n) is 1.33. The molecule has 0 aliphatic carbocycles. The van der Waals surface area contributed by atoms with Gasteiger partial charge in [-0.3, -0.25) is 4.79 Å². The molecule has 94 valence electrons. The Morgan fingerprint density at radius 3 is 2.94 bits per heavy atom. The molecule has 0 aliphatic heterocycles. The van der Waals surface area contributed by atoms with E-state index in [1.54, 1.807) is 18.0 Å². The van der Waals surface area contributed by atoms with Crippen molar-refractivity contribution in [2.45, 2.75) is 25.6 Å². The van der Waals surface area contributed by atoms with Crippen molar-refractivity contribution in [1.82, 2.24) is 10.3 Å². The minimum Gasteiger partial charge on any atom is -0.373 e. The number of carbonyl (C=O) groups is 1. The van der Waals surface area contributed by atoms with Crippen LogP contribution in [-0.4, -0.2) is 29.7 Å². The Morgan fingerprint density at radius 2 is 2.29 bits per heavy atom. The van der Waals surface area contributed by atoms with Gasteiger partial charge in [0.25, 0.3) is 0 Å². The summed E-state index contributed by atoms with van der Waals surface area (Å²) in [6.07, 6.45) is 1.77. The maximum atomic E-state index is 11.4. The van der Waals surface area contributed by atoms with Crippen LogP contribution in [-0.2, 0) is 10.5 Å². The number of anilines is 1. The lowest BCUT2D eigenvalue weighted by atomic mass is 10.3. The highest BCUT2D eigenvalue weighted by atomic mass is 32.2. The number of hydrogen-bond donors (Lipinski definition) is 2. The maximum Gasteiger partial charge on any atom is 0.230 e. The van der Waals surface area contributed by atoms with Gasteiger partial charge in [-0.15, -0.1) is 11.8 Å². The van der Waals surface area contributed by atoms with Crippen LogP contribution in [0.2, 0.25) is 0 Å². The monoisotopic (exact) mass is 253 g/mol. The zero-order valence-electron chi connectivity index (χ0n) is 10.5. The van der Waals surface area contributed by atoms with Gasteiger partial charge in [-0.2, -0.15) is 0 Å². The van der Waals surface area contributed by atoms with Crippen LogP contribution >= 0.6 is 11.8 Å². The molecule has 1 aromatic rings. The molecule has 0 saturated heterocycles. The molecule has 0 aromatic carbocycles. The van der Waals surface area contributed by atoms with Gasteiger partial charge in [0.2, 0.25) is 5.91 Å². The van der Waals surface area contributed by atoms with Gasteiger partial charge in [-0.05, 0) is 31.5 Å². The highest BCUT2D eigenvalue weighted by Crippen LogP contribution is 2.14. The first kappa shape index (κ1) is 13.8. The van der Waals surface area contributed by atoms with Crippen LogP contribution in [0, 0.1) is 0 Å². The average molecular weight is 253 g/mol. The zero-order chi connectivity index (χ0) is 12.7. The fraction of sp³-hybridized carbons (Fsp3) is 0.500. The second-order valence-electron chi connectivity index (χ2n) is 4.01. The molecular weight excluding hydrogens is 234 g/mol. The van der Waals surface area contributed by atoms with Crippen molar-refractivity contribution < 1.29 is 4.79 Å². The lowest BCUT2D eigenvalue weighted by Gasteiger charge is -2.08. The summed E-state index contributed by atoms with van der Waals surface area (Å²) in [4.78, 5) is 15.6. The van der Waals surface area contributed by atoms with Crippen molar-refractivity contribution >= 4 is 23.5 Å². The summed E-state index contributed by atoms with van der Waals surface area (Å²) < 4.78 is 0. The molecule has 1 rings (SSSR count). The van der Waals surface area contributed by atoms with Crippen LogP contribution in [0.4, 0.5) is 5.82 Å². The number of rotatable bonds is 6. The third-order valence-electron chi connectivity index (χ3n) is 2.03. The lowest BCUT2D eigenvalue weighted by Crippen LogP contribution is -2.31. The normalized spacial score (nSPS) is 10.4. The Balaban J connectivity index is 2.32. The fourth-order valence-corrected chi connectivity index (χ4v) is 2.11. The minimum atomic E-state index is 0.0906. The molecule has 0 atom stereocenters. The van der Waals surface area contributed by atoms with Crippen molar-refractivity contribution in [3.63, 3.8) is 0 Å². The number of hydrogen-bond acceptors (Lipinski definition) is 4. The van der Waals surface area contributed by atoms with Gasteiger partial charge < -0.3 is 10.6 Å². The van der Waals surface area contributed by atoms with E-state index < -0.39 is 0 Å². The number of amides is 1. The number of carbonyl (C=O) groups excluding carboxylic acids is 1. The quantitative estimate of drug-likeness (QED) is 0.813. The molecule has 0 bridgehead atoms. The van der Waals surface area contributed by atoms with Gasteiger partial charge in [0.05, 0.1) is 5.75 Å². The molecule has 17 heavy (non-hydrogen) atoms. The van der Waals surface area contributed by atoms with Crippen molar-refractivity contribution in [2.24, 2.45) is 0 Å². The summed E-state index contributed by atoms with van der Waals surface area (Å²) in [7, 11) is 1.84. The van der Waals surface area contributed by atoms with Gasteiger partial charge >= 0.3 is 0 Å². The molecule has 0 fully saturated rings. The summed E-state index contributed by atoms with van der Waals surface area (Å²) in [5.41, 5.74) is 1.17. The molecule has 1 aromatic heterocycles.